The Bertz CT molecular complexity index is 1140. The lowest BCUT2D eigenvalue weighted by Gasteiger charge is -2.11. The molecule has 134 valence electrons. The van der Waals surface area contributed by atoms with Crippen molar-refractivity contribution >= 4 is 45.6 Å². The maximum Gasteiger partial charge on any atom is 0.233 e. The maximum absolute atomic E-state index is 10.5. The Balaban J connectivity index is 1.65. The fourth-order valence-corrected chi connectivity index (χ4v) is 2.81. The molecule has 0 aliphatic rings. The lowest BCUT2D eigenvalue weighted by molar-refractivity contribution is 0.475. The average molecular weight is 380 g/mol. The first-order valence-electron chi connectivity index (χ1n) is 8.04. The average Bonchev–Trinajstić information content (AvgIpc) is 2.64. The van der Waals surface area contributed by atoms with Crippen LogP contribution in [0.2, 0.25) is 5.28 Å². The van der Waals surface area contributed by atoms with Crippen LogP contribution in [0.15, 0.2) is 60.7 Å². The van der Waals surface area contributed by atoms with Gasteiger partial charge in [-0.1, -0.05) is 36.4 Å². The third-order valence-corrected chi connectivity index (χ3v) is 4.03. The molecular weight excluding hydrogens is 366 g/mol. The number of benzene rings is 3. The Morgan fingerprint density at radius 1 is 0.778 bits per heavy atom. The van der Waals surface area contributed by atoms with Gasteiger partial charge in [-0.25, -0.2) is 0 Å². The van der Waals surface area contributed by atoms with E-state index < -0.39 is 0 Å². The fraction of sp³-hybridized carbons (Fsp3) is 0. The summed E-state index contributed by atoms with van der Waals surface area (Å²) in [7, 11) is 0. The third kappa shape index (κ3) is 3.68. The van der Waals surface area contributed by atoms with Crippen molar-refractivity contribution in [1.82, 2.24) is 15.0 Å². The van der Waals surface area contributed by atoms with Crippen molar-refractivity contribution in [2.45, 2.75) is 0 Å². The van der Waals surface area contributed by atoms with Crippen LogP contribution in [0.3, 0.4) is 0 Å². The standard InChI is InChI=1S/C19H14ClN5O2/c20-17-23-18(21-12-5-3-6-13(26)10-12)25-19(24-17)22-15-9-8-11-4-1-2-7-14(11)16(15)27/h1-10,26-27H,(H2,21,22,23,24,25). The molecule has 0 amide bonds. The minimum atomic E-state index is -0.0181. The Morgan fingerprint density at radius 3 is 2.37 bits per heavy atom. The molecule has 0 fully saturated rings. The lowest BCUT2D eigenvalue weighted by atomic mass is 10.1. The number of fused-ring (bicyclic) bond motifs is 1. The molecule has 27 heavy (non-hydrogen) atoms. The second-order valence-electron chi connectivity index (χ2n) is 5.73. The van der Waals surface area contributed by atoms with E-state index in [0.717, 1.165) is 5.39 Å². The van der Waals surface area contributed by atoms with Crippen LogP contribution < -0.4 is 10.6 Å². The number of halogens is 1. The summed E-state index contributed by atoms with van der Waals surface area (Å²) >= 11 is 5.99. The predicted molar refractivity (Wildman–Crippen MR) is 105 cm³/mol. The van der Waals surface area contributed by atoms with E-state index in [9.17, 15) is 10.2 Å². The highest BCUT2D eigenvalue weighted by Crippen LogP contribution is 2.34. The molecule has 0 aliphatic heterocycles. The molecule has 0 radical (unpaired) electrons. The largest absolute Gasteiger partial charge is 0.508 e. The van der Waals surface area contributed by atoms with Crippen molar-refractivity contribution < 1.29 is 10.2 Å². The van der Waals surface area contributed by atoms with E-state index in [1.807, 2.05) is 30.3 Å². The van der Waals surface area contributed by atoms with Gasteiger partial charge in [-0.05, 0) is 35.2 Å². The highest BCUT2D eigenvalue weighted by molar-refractivity contribution is 6.28. The Kier molecular flexibility index (Phi) is 4.35. The molecule has 0 atom stereocenters. The zero-order valence-electron chi connectivity index (χ0n) is 13.9. The molecule has 0 aliphatic carbocycles. The van der Waals surface area contributed by atoms with Gasteiger partial charge in [0.15, 0.2) is 0 Å². The summed E-state index contributed by atoms with van der Waals surface area (Å²) in [5.41, 5.74) is 1.04. The molecule has 7 nitrogen and oxygen atoms in total. The molecule has 0 bridgehead atoms. The van der Waals surface area contributed by atoms with Gasteiger partial charge in [-0.2, -0.15) is 15.0 Å². The highest BCUT2D eigenvalue weighted by Gasteiger charge is 2.10. The Labute approximate surface area is 159 Å². The zero-order chi connectivity index (χ0) is 18.8. The van der Waals surface area contributed by atoms with Crippen LogP contribution in [0.1, 0.15) is 0 Å². The first-order valence-corrected chi connectivity index (χ1v) is 8.42. The number of aromatic nitrogens is 3. The van der Waals surface area contributed by atoms with Crippen molar-refractivity contribution in [3.8, 4) is 11.5 Å². The predicted octanol–water partition coefficient (Wildman–Crippen LogP) is 4.58. The zero-order valence-corrected chi connectivity index (χ0v) is 14.6. The van der Waals surface area contributed by atoms with Gasteiger partial charge in [-0.3, -0.25) is 0 Å². The summed E-state index contributed by atoms with van der Waals surface area (Å²) in [6, 6.07) is 17.6. The van der Waals surface area contributed by atoms with Gasteiger partial charge >= 0.3 is 0 Å². The van der Waals surface area contributed by atoms with E-state index in [1.165, 1.54) is 6.07 Å². The molecule has 0 saturated heterocycles. The number of nitrogens with zero attached hydrogens (tertiary/aromatic N) is 3. The second-order valence-corrected chi connectivity index (χ2v) is 6.07. The van der Waals surface area contributed by atoms with Crippen molar-refractivity contribution in [1.29, 1.82) is 0 Å². The molecule has 4 N–H and O–H groups in total. The van der Waals surface area contributed by atoms with E-state index in [4.69, 9.17) is 11.6 Å². The smallest absolute Gasteiger partial charge is 0.233 e. The van der Waals surface area contributed by atoms with Crippen molar-refractivity contribution in [3.05, 3.63) is 65.9 Å². The summed E-state index contributed by atoms with van der Waals surface area (Å²) in [5, 5.41) is 27.6. The number of hydrogen-bond acceptors (Lipinski definition) is 7. The number of anilines is 4. The maximum atomic E-state index is 10.5. The minimum Gasteiger partial charge on any atom is -0.508 e. The van der Waals surface area contributed by atoms with Crippen LogP contribution in [0.4, 0.5) is 23.3 Å². The monoisotopic (exact) mass is 379 g/mol. The first kappa shape index (κ1) is 16.9. The topological polar surface area (TPSA) is 103 Å². The molecule has 4 aromatic rings. The summed E-state index contributed by atoms with van der Waals surface area (Å²) in [6.45, 7) is 0. The number of phenols is 2. The van der Waals surface area contributed by atoms with Crippen LogP contribution in [0.25, 0.3) is 10.8 Å². The lowest BCUT2D eigenvalue weighted by Crippen LogP contribution is -2.04. The molecule has 0 spiro atoms. The minimum absolute atomic E-state index is 0.0181. The van der Waals surface area contributed by atoms with Crippen LogP contribution in [0.5, 0.6) is 11.5 Å². The summed E-state index contributed by atoms with van der Waals surface area (Å²) in [4.78, 5) is 12.3. The van der Waals surface area contributed by atoms with Crippen molar-refractivity contribution in [2.75, 3.05) is 10.6 Å². The van der Waals surface area contributed by atoms with E-state index >= 15 is 0 Å². The van der Waals surface area contributed by atoms with Crippen molar-refractivity contribution in [2.24, 2.45) is 0 Å². The Morgan fingerprint density at radius 2 is 1.56 bits per heavy atom. The fourth-order valence-electron chi connectivity index (χ4n) is 2.65. The molecule has 1 aromatic heterocycles. The number of hydrogen-bond donors (Lipinski definition) is 4. The molecule has 4 rings (SSSR count). The molecule has 8 heteroatoms. The summed E-state index contributed by atoms with van der Waals surface area (Å²) in [6.07, 6.45) is 0. The molecule has 0 saturated carbocycles. The van der Waals surface area contributed by atoms with Gasteiger partial charge in [0.2, 0.25) is 17.2 Å². The van der Waals surface area contributed by atoms with Crippen LogP contribution in [-0.2, 0) is 0 Å². The second kappa shape index (κ2) is 6.97. The van der Waals surface area contributed by atoms with Gasteiger partial charge < -0.3 is 20.8 Å². The number of phenolic OH excluding ortho intramolecular Hbond substituents is 2. The van der Waals surface area contributed by atoms with Crippen LogP contribution >= 0.6 is 11.6 Å². The highest BCUT2D eigenvalue weighted by atomic mass is 35.5. The molecular formula is C19H14ClN5O2. The SMILES string of the molecule is Oc1cccc(Nc2nc(Cl)nc(Nc3ccc4ccccc4c3O)n2)c1. The Hall–Kier alpha value is -3.58. The van der Waals surface area contributed by atoms with E-state index in [1.54, 1.807) is 24.3 Å². The van der Waals surface area contributed by atoms with E-state index in [2.05, 4.69) is 25.6 Å². The van der Waals surface area contributed by atoms with Gasteiger partial charge in [0.05, 0.1) is 5.69 Å². The van der Waals surface area contributed by atoms with Gasteiger partial charge in [0.1, 0.15) is 11.5 Å². The van der Waals surface area contributed by atoms with Crippen LogP contribution in [-0.4, -0.2) is 25.2 Å². The summed E-state index contributed by atoms with van der Waals surface area (Å²) < 4.78 is 0. The van der Waals surface area contributed by atoms with Crippen LogP contribution in [0, 0.1) is 0 Å². The van der Waals surface area contributed by atoms with E-state index in [0.29, 0.717) is 16.8 Å². The van der Waals surface area contributed by atoms with Gasteiger partial charge in [-0.15, -0.1) is 0 Å². The molecule has 0 unspecified atom stereocenters. The molecule has 1 heterocycles. The first-order chi connectivity index (χ1) is 13.1. The third-order valence-electron chi connectivity index (χ3n) is 3.86. The number of aromatic hydroxyl groups is 2. The van der Waals surface area contributed by atoms with Gasteiger partial charge in [0.25, 0.3) is 0 Å². The number of rotatable bonds is 4. The quantitative estimate of drug-likeness (QED) is 0.385. The number of nitrogens with one attached hydrogen (secondary N) is 2. The van der Waals surface area contributed by atoms with Gasteiger partial charge in [0, 0.05) is 17.1 Å². The normalized spacial score (nSPS) is 10.7. The summed E-state index contributed by atoms with van der Waals surface area (Å²) in [5.74, 6) is 0.568. The van der Waals surface area contributed by atoms with E-state index in [-0.39, 0.29) is 28.7 Å². The van der Waals surface area contributed by atoms with Crippen molar-refractivity contribution in [3.63, 3.8) is 0 Å². The molecule has 3 aromatic carbocycles.